The second-order valence-corrected chi connectivity index (χ2v) is 5.62. The first kappa shape index (κ1) is 18.9. The van der Waals surface area contributed by atoms with Gasteiger partial charge in [-0.3, -0.25) is 9.78 Å². The van der Waals surface area contributed by atoms with Crippen LogP contribution < -0.4 is 9.47 Å². The first-order chi connectivity index (χ1) is 13.6. The monoisotopic (exact) mass is 382 g/mol. The van der Waals surface area contributed by atoms with Gasteiger partial charge in [-0.2, -0.15) is 0 Å². The van der Waals surface area contributed by atoms with Crippen LogP contribution in [0.15, 0.2) is 53.5 Å². The summed E-state index contributed by atoms with van der Waals surface area (Å²) in [7, 11) is 3.51. The summed E-state index contributed by atoms with van der Waals surface area (Å²) in [6.45, 7) is 0.0560. The van der Waals surface area contributed by atoms with E-state index in [1.54, 1.807) is 19.6 Å². The quantitative estimate of drug-likeness (QED) is 0.524. The molecule has 0 saturated carbocycles. The van der Waals surface area contributed by atoms with Crippen LogP contribution in [-0.2, 0) is 18.4 Å². The zero-order chi connectivity index (χ0) is 19.9. The Morgan fingerprint density at radius 1 is 1.29 bits per heavy atom. The first-order valence-corrected chi connectivity index (χ1v) is 8.22. The molecule has 4 rings (SSSR count). The fraction of sp³-hybridized carbons (Fsp3) is 0.158. The number of oxazole rings is 1. The van der Waals surface area contributed by atoms with Gasteiger partial charge in [0.25, 0.3) is 6.47 Å². The van der Waals surface area contributed by atoms with E-state index in [1.807, 2.05) is 48.1 Å². The Bertz CT molecular complexity index is 1070. The van der Waals surface area contributed by atoms with Gasteiger partial charge in [-0.25, -0.2) is 9.97 Å². The highest BCUT2D eigenvalue weighted by molar-refractivity contribution is 5.77. The van der Waals surface area contributed by atoms with E-state index in [1.165, 1.54) is 0 Å². The van der Waals surface area contributed by atoms with Crippen molar-refractivity contribution in [3.63, 3.8) is 0 Å². The van der Waals surface area contributed by atoms with Gasteiger partial charge in [0.2, 0.25) is 5.89 Å². The average molecular weight is 382 g/mol. The zero-order valence-corrected chi connectivity index (χ0v) is 15.3. The number of ether oxygens (including phenoxy) is 2. The van der Waals surface area contributed by atoms with E-state index in [0.29, 0.717) is 40.8 Å². The van der Waals surface area contributed by atoms with E-state index in [9.17, 15) is 0 Å². The molecule has 144 valence electrons. The van der Waals surface area contributed by atoms with Crippen LogP contribution in [0.3, 0.4) is 0 Å². The highest BCUT2D eigenvalue weighted by Gasteiger charge is 2.12. The number of hydrogen-bond donors (Lipinski definition) is 1. The van der Waals surface area contributed by atoms with Gasteiger partial charge in [0.1, 0.15) is 35.0 Å². The number of methoxy groups -OCH3 is 1. The Balaban J connectivity index is 0.000000706. The lowest BCUT2D eigenvalue weighted by Crippen LogP contribution is -2.01. The van der Waals surface area contributed by atoms with E-state index < -0.39 is 0 Å². The molecule has 0 spiro atoms. The maximum atomic E-state index is 8.36. The van der Waals surface area contributed by atoms with Crippen molar-refractivity contribution in [3.05, 3.63) is 54.7 Å². The van der Waals surface area contributed by atoms with Crippen LogP contribution in [0.1, 0.15) is 5.69 Å². The zero-order valence-electron chi connectivity index (χ0n) is 15.3. The molecule has 0 saturated heterocycles. The molecule has 3 heterocycles. The van der Waals surface area contributed by atoms with Crippen LogP contribution in [0, 0.1) is 0 Å². The van der Waals surface area contributed by atoms with Gasteiger partial charge in [-0.15, -0.1) is 0 Å². The summed E-state index contributed by atoms with van der Waals surface area (Å²) in [5.41, 5.74) is 2.83. The minimum Gasteiger partial charge on any atom is -0.495 e. The number of pyridine rings is 1. The van der Waals surface area contributed by atoms with Crippen LogP contribution in [0.2, 0.25) is 0 Å². The highest BCUT2D eigenvalue weighted by Crippen LogP contribution is 2.27. The number of hydrogen-bond acceptors (Lipinski definition) is 7. The van der Waals surface area contributed by atoms with Gasteiger partial charge in [0.05, 0.1) is 13.4 Å². The van der Waals surface area contributed by atoms with Gasteiger partial charge >= 0.3 is 0 Å². The molecule has 9 nitrogen and oxygen atoms in total. The molecule has 1 N–H and O–H groups in total. The number of carboxylic acid groups (broad SMARTS) is 1. The smallest absolute Gasteiger partial charge is 0.290 e. The molecule has 3 aromatic heterocycles. The summed E-state index contributed by atoms with van der Waals surface area (Å²) < 4.78 is 18.7. The van der Waals surface area contributed by atoms with Crippen LogP contribution in [-0.4, -0.2) is 38.2 Å². The second kappa shape index (κ2) is 8.67. The van der Waals surface area contributed by atoms with Crippen molar-refractivity contribution < 1.29 is 23.8 Å². The van der Waals surface area contributed by atoms with Crippen molar-refractivity contribution in [3.8, 4) is 23.1 Å². The normalized spacial score (nSPS) is 10.2. The van der Waals surface area contributed by atoms with E-state index in [4.69, 9.17) is 23.8 Å². The van der Waals surface area contributed by atoms with Crippen LogP contribution >= 0.6 is 0 Å². The van der Waals surface area contributed by atoms with Crippen LogP contribution in [0.5, 0.6) is 11.5 Å². The van der Waals surface area contributed by atoms with E-state index in [0.717, 1.165) is 5.69 Å². The standard InChI is InChI=1S/C18H16N4O3.CH2O2/c1-22-9-14(20-11-22)18-21-13-8-12(5-6-17(13)25-18)24-10-15-16(23-2)4-3-7-19-15;2-1-3/h3-9,11H,10H2,1-2H3;1H,(H,2,3). The lowest BCUT2D eigenvalue weighted by atomic mass is 10.3. The lowest BCUT2D eigenvalue weighted by molar-refractivity contribution is -0.122. The number of nitrogens with zero attached hydrogens (tertiary/aromatic N) is 4. The average Bonchev–Trinajstić information content (AvgIpc) is 3.32. The molecule has 0 atom stereocenters. The molecule has 1 aromatic carbocycles. The Labute approximate surface area is 160 Å². The van der Waals surface area contributed by atoms with Crippen molar-refractivity contribution in [1.82, 2.24) is 19.5 Å². The molecule has 0 amide bonds. The number of fused-ring (bicyclic) bond motifs is 1. The number of aromatic nitrogens is 4. The summed E-state index contributed by atoms with van der Waals surface area (Å²) in [6, 6.07) is 9.18. The molecule has 0 bridgehead atoms. The summed E-state index contributed by atoms with van der Waals surface area (Å²) in [5, 5.41) is 6.89. The maximum absolute atomic E-state index is 8.36. The molecule has 28 heavy (non-hydrogen) atoms. The molecule has 0 fully saturated rings. The third-order valence-corrected chi connectivity index (χ3v) is 3.73. The number of carbonyl (C=O) groups is 1. The third kappa shape index (κ3) is 4.26. The third-order valence-electron chi connectivity index (χ3n) is 3.73. The fourth-order valence-electron chi connectivity index (χ4n) is 2.50. The Morgan fingerprint density at radius 3 is 2.82 bits per heavy atom. The molecule has 0 aliphatic carbocycles. The van der Waals surface area contributed by atoms with Crippen molar-refractivity contribution in [2.24, 2.45) is 7.05 Å². The number of aryl methyl sites for hydroxylation is 1. The van der Waals surface area contributed by atoms with Gasteiger partial charge in [-0.05, 0) is 24.3 Å². The summed E-state index contributed by atoms with van der Waals surface area (Å²) in [4.78, 5) is 21.4. The lowest BCUT2D eigenvalue weighted by Gasteiger charge is -2.08. The molecular weight excluding hydrogens is 364 g/mol. The number of benzene rings is 1. The predicted octanol–water partition coefficient (Wildman–Crippen LogP) is 2.91. The summed E-state index contributed by atoms with van der Waals surface area (Å²) >= 11 is 0. The predicted molar refractivity (Wildman–Crippen MR) is 100 cm³/mol. The number of rotatable bonds is 5. The van der Waals surface area contributed by atoms with Crippen LogP contribution in [0.4, 0.5) is 0 Å². The maximum Gasteiger partial charge on any atom is 0.290 e. The fourth-order valence-corrected chi connectivity index (χ4v) is 2.50. The highest BCUT2D eigenvalue weighted by atomic mass is 16.5. The molecule has 0 aliphatic rings. The first-order valence-electron chi connectivity index (χ1n) is 8.22. The minimum absolute atomic E-state index is 0.250. The Hall–Kier alpha value is -3.88. The van der Waals surface area contributed by atoms with Crippen molar-refractivity contribution in [2.75, 3.05) is 7.11 Å². The topological polar surface area (TPSA) is 113 Å². The SMILES string of the molecule is COc1cccnc1COc1ccc2oc(-c3cn(C)cn3)nc2c1.O=CO. The van der Waals surface area contributed by atoms with Gasteiger partial charge in [-0.1, -0.05) is 0 Å². The van der Waals surface area contributed by atoms with Crippen molar-refractivity contribution in [1.29, 1.82) is 0 Å². The minimum atomic E-state index is -0.250. The molecular formula is C19H18N4O5. The van der Waals surface area contributed by atoms with E-state index >= 15 is 0 Å². The molecule has 4 aromatic rings. The van der Waals surface area contributed by atoms with Gasteiger partial charge < -0.3 is 23.6 Å². The van der Waals surface area contributed by atoms with Crippen LogP contribution in [0.25, 0.3) is 22.7 Å². The molecule has 0 unspecified atom stereocenters. The molecule has 0 aliphatic heterocycles. The van der Waals surface area contributed by atoms with Crippen molar-refractivity contribution >= 4 is 17.6 Å². The van der Waals surface area contributed by atoms with Gasteiger partial charge in [0, 0.05) is 25.5 Å². The van der Waals surface area contributed by atoms with Gasteiger partial charge in [0.15, 0.2) is 5.58 Å². The largest absolute Gasteiger partial charge is 0.495 e. The van der Waals surface area contributed by atoms with E-state index in [-0.39, 0.29) is 6.47 Å². The van der Waals surface area contributed by atoms with Crippen molar-refractivity contribution in [2.45, 2.75) is 6.61 Å². The Morgan fingerprint density at radius 2 is 2.11 bits per heavy atom. The number of imidazole rings is 1. The summed E-state index contributed by atoms with van der Waals surface area (Å²) in [6.07, 6.45) is 5.27. The molecule has 0 radical (unpaired) electrons. The molecule has 9 heteroatoms. The summed E-state index contributed by atoms with van der Waals surface area (Å²) in [5.74, 6) is 1.86. The Kier molecular flexibility index (Phi) is 5.85. The van der Waals surface area contributed by atoms with E-state index in [2.05, 4.69) is 15.0 Å². The second-order valence-electron chi connectivity index (χ2n) is 5.62.